The van der Waals surface area contributed by atoms with Crippen LogP contribution in [-0.2, 0) is 0 Å². The molecular formula is C38H26Br2N2OS3. The molecule has 0 bridgehead atoms. The van der Waals surface area contributed by atoms with Gasteiger partial charge in [-0.05, 0) is 83.0 Å². The second-order valence-corrected chi connectivity index (χ2v) is 16.4. The number of hydrogen-bond acceptors (Lipinski definition) is 5. The number of allylic oxidation sites excluding steroid dienone is 2. The number of hydrogen-bond donors (Lipinski definition) is 0. The molecule has 1 aromatic heterocycles. The van der Waals surface area contributed by atoms with Gasteiger partial charge in [0.25, 0.3) is 5.56 Å². The van der Waals surface area contributed by atoms with Gasteiger partial charge in [0.05, 0.1) is 16.0 Å². The van der Waals surface area contributed by atoms with Crippen LogP contribution in [0, 0.1) is 0 Å². The summed E-state index contributed by atoms with van der Waals surface area (Å²) in [6, 6.07) is 37.6. The summed E-state index contributed by atoms with van der Waals surface area (Å²) in [5.74, 6) is 0. The SMILES string of the molecule is O=c1c(=C2SC(c3ccccc3)=C(c3ccccc3)S2)sc2n1C(c1ccc(Br)cc1)C1=C(N=2)C(=Cc2ccc(Br)cc2)CCC1. The van der Waals surface area contributed by atoms with Crippen molar-refractivity contribution in [1.29, 1.82) is 0 Å². The maximum Gasteiger partial charge on any atom is 0.272 e. The van der Waals surface area contributed by atoms with Crippen molar-refractivity contribution in [1.82, 2.24) is 4.57 Å². The lowest BCUT2D eigenvalue weighted by atomic mass is 9.84. The Morgan fingerprint density at radius 1 is 0.739 bits per heavy atom. The van der Waals surface area contributed by atoms with E-state index in [4.69, 9.17) is 4.99 Å². The summed E-state index contributed by atoms with van der Waals surface area (Å²) in [7, 11) is 0. The van der Waals surface area contributed by atoms with Gasteiger partial charge in [-0.2, -0.15) is 0 Å². The van der Waals surface area contributed by atoms with E-state index in [0.29, 0.717) is 0 Å². The van der Waals surface area contributed by atoms with Crippen molar-refractivity contribution in [2.45, 2.75) is 25.3 Å². The van der Waals surface area contributed by atoms with Crippen molar-refractivity contribution in [2.24, 2.45) is 4.99 Å². The molecule has 4 aromatic carbocycles. The maximum atomic E-state index is 14.6. The zero-order valence-electron chi connectivity index (χ0n) is 24.5. The van der Waals surface area contributed by atoms with Crippen LogP contribution in [0.4, 0.5) is 0 Å². The molecule has 1 unspecified atom stereocenters. The van der Waals surface area contributed by atoms with Crippen molar-refractivity contribution in [3.63, 3.8) is 0 Å². The fourth-order valence-electron chi connectivity index (χ4n) is 6.23. The monoisotopic (exact) mass is 780 g/mol. The molecule has 0 fully saturated rings. The van der Waals surface area contributed by atoms with Crippen LogP contribution in [0.5, 0.6) is 0 Å². The van der Waals surface area contributed by atoms with Gasteiger partial charge in [0.1, 0.15) is 4.53 Å². The molecule has 2 aliphatic heterocycles. The Kier molecular flexibility index (Phi) is 8.41. The van der Waals surface area contributed by atoms with Gasteiger partial charge in [0.2, 0.25) is 0 Å². The Hall–Kier alpha value is -3.14. The molecular weight excluding hydrogens is 756 g/mol. The minimum absolute atomic E-state index is 0.0314. The van der Waals surface area contributed by atoms with E-state index in [0.717, 1.165) is 69.7 Å². The number of fused-ring (bicyclic) bond motifs is 1. The summed E-state index contributed by atoms with van der Waals surface area (Å²) >= 11 is 12.1. The van der Waals surface area contributed by atoms with Crippen LogP contribution in [0.1, 0.15) is 47.6 Å². The molecule has 8 rings (SSSR count). The fraction of sp³-hybridized carbons (Fsp3) is 0.105. The van der Waals surface area contributed by atoms with Gasteiger partial charge in [-0.15, -0.1) is 0 Å². The summed E-state index contributed by atoms with van der Waals surface area (Å²) < 4.78 is 5.82. The molecule has 226 valence electrons. The molecule has 5 aromatic rings. The molecule has 3 heterocycles. The van der Waals surface area contributed by atoms with Gasteiger partial charge in [-0.3, -0.25) is 9.36 Å². The number of rotatable bonds is 4. The Morgan fingerprint density at radius 3 is 1.93 bits per heavy atom. The summed E-state index contributed by atoms with van der Waals surface area (Å²) in [4.78, 5) is 23.0. The molecule has 3 nitrogen and oxygen atoms in total. The zero-order chi connectivity index (χ0) is 31.2. The van der Waals surface area contributed by atoms with E-state index in [1.165, 1.54) is 32.3 Å². The van der Waals surface area contributed by atoms with Crippen molar-refractivity contribution in [3.8, 4) is 0 Å². The predicted molar refractivity (Wildman–Crippen MR) is 203 cm³/mol. The van der Waals surface area contributed by atoms with Gasteiger partial charge in [-0.25, -0.2) is 4.99 Å². The number of halogens is 2. The Morgan fingerprint density at radius 2 is 1.33 bits per heavy atom. The van der Waals surface area contributed by atoms with Gasteiger partial charge < -0.3 is 0 Å². The summed E-state index contributed by atoms with van der Waals surface area (Å²) in [6.07, 6.45) is 5.16. The van der Waals surface area contributed by atoms with Gasteiger partial charge in [-0.1, -0.05) is 152 Å². The molecule has 1 aliphatic carbocycles. The molecule has 0 spiro atoms. The highest BCUT2D eigenvalue weighted by Gasteiger charge is 2.34. The lowest BCUT2D eigenvalue weighted by Crippen LogP contribution is -2.39. The first-order valence-corrected chi connectivity index (χ1v) is 19.1. The minimum Gasteiger partial charge on any atom is -0.272 e. The lowest BCUT2D eigenvalue weighted by molar-refractivity contribution is 0.553. The molecule has 0 amide bonds. The topological polar surface area (TPSA) is 34.4 Å². The molecule has 0 radical (unpaired) electrons. The highest BCUT2D eigenvalue weighted by molar-refractivity contribution is 9.10. The standard InChI is InChI=1S/C38H26Br2N2OS3/c39-28-18-14-23(15-19-28)22-27-12-7-13-30-31(27)41-38-42(32(30)24-16-20-29(40)21-17-24)36(43)35(46-38)37-44-33(25-8-3-1-4-9-25)34(45-37)26-10-5-2-6-11-26/h1-6,8-11,14-22,32H,7,12-13H2. The Bertz CT molecular complexity index is 2200. The van der Waals surface area contributed by atoms with Crippen molar-refractivity contribution < 1.29 is 0 Å². The number of benzene rings is 4. The van der Waals surface area contributed by atoms with Crippen LogP contribution >= 0.6 is 66.7 Å². The normalized spacial score (nSPS) is 18.5. The average molecular weight is 783 g/mol. The Balaban J connectivity index is 1.32. The molecule has 0 N–H and O–H groups in total. The van der Waals surface area contributed by atoms with Gasteiger partial charge >= 0.3 is 0 Å². The molecule has 8 heteroatoms. The van der Waals surface area contributed by atoms with Crippen LogP contribution in [0.25, 0.3) is 20.1 Å². The minimum atomic E-state index is -0.200. The third-order valence-electron chi connectivity index (χ3n) is 8.36. The highest BCUT2D eigenvalue weighted by Crippen LogP contribution is 2.57. The van der Waals surface area contributed by atoms with E-state index in [-0.39, 0.29) is 11.6 Å². The number of aromatic nitrogens is 1. The second kappa shape index (κ2) is 12.8. The first-order chi connectivity index (χ1) is 22.5. The van der Waals surface area contributed by atoms with Crippen LogP contribution < -0.4 is 14.9 Å². The predicted octanol–water partition coefficient (Wildman–Crippen LogP) is 10.3. The van der Waals surface area contributed by atoms with E-state index in [1.807, 2.05) is 16.7 Å². The van der Waals surface area contributed by atoms with Crippen LogP contribution in [-0.4, -0.2) is 4.57 Å². The molecule has 0 saturated carbocycles. The third kappa shape index (κ3) is 5.69. The molecule has 3 aliphatic rings. The van der Waals surface area contributed by atoms with E-state index in [9.17, 15) is 4.79 Å². The van der Waals surface area contributed by atoms with E-state index >= 15 is 0 Å². The molecule has 46 heavy (non-hydrogen) atoms. The first-order valence-electron chi connectivity index (χ1n) is 15.0. The van der Waals surface area contributed by atoms with Gasteiger partial charge in [0.15, 0.2) is 4.80 Å². The quantitative estimate of drug-likeness (QED) is 0.182. The number of thiazole rings is 1. The Labute approximate surface area is 296 Å². The largest absolute Gasteiger partial charge is 0.272 e. The van der Waals surface area contributed by atoms with Crippen LogP contribution in [0.15, 0.2) is 145 Å². The third-order valence-corrected chi connectivity index (χ3v) is 13.4. The number of thioether (sulfide) groups is 2. The van der Waals surface area contributed by atoms with Crippen LogP contribution in [0.3, 0.4) is 0 Å². The highest BCUT2D eigenvalue weighted by atomic mass is 79.9. The van der Waals surface area contributed by atoms with Crippen molar-refractivity contribution in [2.75, 3.05) is 0 Å². The average Bonchev–Trinajstić information content (AvgIpc) is 3.68. The van der Waals surface area contributed by atoms with Gasteiger partial charge in [0, 0.05) is 18.8 Å². The number of nitrogens with zero attached hydrogens (tertiary/aromatic N) is 2. The second-order valence-electron chi connectivity index (χ2n) is 11.3. The van der Waals surface area contributed by atoms with E-state index in [2.05, 4.69) is 135 Å². The van der Waals surface area contributed by atoms with E-state index in [1.54, 1.807) is 23.5 Å². The lowest BCUT2D eigenvalue weighted by Gasteiger charge is -2.31. The molecule has 0 saturated heterocycles. The fourth-order valence-corrected chi connectivity index (χ4v) is 10.7. The van der Waals surface area contributed by atoms with Crippen molar-refractivity contribution >= 4 is 86.8 Å². The van der Waals surface area contributed by atoms with Crippen molar-refractivity contribution in [3.05, 3.63) is 177 Å². The maximum absolute atomic E-state index is 14.6. The summed E-state index contributed by atoms with van der Waals surface area (Å²) in [6.45, 7) is 0. The molecule has 1 atom stereocenters. The summed E-state index contributed by atoms with van der Waals surface area (Å²) in [5.41, 5.74) is 8.10. The first kappa shape index (κ1) is 30.2. The summed E-state index contributed by atoms with van der Waals surface area (Å²) in [5, 5.41) is 0. The van der Waals surface area contributed by atoms with Crippen LogP contribution in [0.2, 0.25) is 0 Å². The van der Waals surface area contributed by atoms with E-state index < -0.39 is 0 Å². The smallest absolute Gasteiger partial charge is 0.272 e. The zero-order valence-corrected chi connectivity index (χ0v) is 30.1.